The second-order valence-corrected chi connectivity index (χ2v) is 2.89. The molecule has 0 spiro atoms. The molecule has 3 nitrogen and oxygen atoms in total. The highest BCUT2D eigenvalue weighted by Crippen LogP contribution is 2.14. The number of carbonyl (C=O) groups is 1. The zero-order valence-corrected chi connectivity index (χ0v) is 7.39. The molecule has 66 valence electrons. The van der Waals surface area contributed by atoms with Gasteiger partial charge in [0.25, 0.3) is 0 Å². The quantitative estimate of drug-likeness (QED) is 0.440. The predicted molar refractivity (Wildman–Crippen MR) is 46.2 cm³/mol. The molecular formula is C8H18N2O. The van der Waals surface area contributed by atoms with Crippen LogP contribution in [0.3, 0.4) is 0 Å². The number of hydrogen-bond acceptors (Lipinski definition) is 2. The van der Waals surface area contributed by atoms with Gasteiger partial charge >= 0.3 is 0 Å². The van der Waals surface area contributed by atoms with Gasteiger partial charge in [-0.25, -0.2) is 0 Å². The minimum absolute atomic E-state index is 0.0873. The Kier molecular flexibility index (Phi) is 4.86. The lowest BCUT2D eigenvalue weighted by molar-refractivity contribution is -0.109. The van der Waals surface area contributed by atoms with E-state index in [9.17, 15) is 4.79 Å². The molecule has 0 bridgehead atoms. The Morgan fingerprint density at radius 2 is 2.00 bits per heavy atom. The second kappa shape index (κ2) is 5.13. The predicted octanol–water partition coefficient (Wildman–Crippen LogP) is 0.640. The average Bonchev–Trinajstić information content (AvgIpc) is 2.05. The van der Waals surface area contributed by atoms with Crippen LogP contribution in [-0.4, -0.2) is 18.5 Å². The molecule has 0 saturated heterocycles. The Labute approximate surface area is 68.3 Å². The minimum atomic E-state index is -0.0873. The lowest BCUT2D eigenvalue weighted by Gasteiger charge is -2.26. The summed E-state index contributed by atoms with van der Waals surface area (Å²) >= 11 is 0. The molecule has 0 rings (SSSR count). The molecule has 3 heteroatoms. The van der Waals surface area contributed by atoms with Crippen LogP contribution < -0.4 is 11.1 Å². The maximum absolute atomic E-state index is 9.92. The Morgan fingerprint density at radius 3 is 2.36 bits per heavy atom. The van der Waals surface area contributed by atoms with E-state index in [2.05, 4.69) is 19.2 Å². The molecule has 0 aromatic carbocycles. The Morgan fingerprint density at radius 1 is 1.45 bits per heavy atom. The van der Waals surface area contributed by atoms with Gasteiger partial charge in [0.05, 0.1) is 0 Å². The number of nitrogens with one attached hydrogen (secondary N) is 1. The highest BCUT2D eigenvalue weighted by molar-refractivity contribution is 5.45. The van der Waals surface area contributed by atoms with Crippen molar-refractivity contribution in [3.8, 4) is 0 Å². The fourth-order valence-electron chi connectivity index (χ4n) is 0.984. The number of amides is 1. The Hall–Kier alpha value is -0.570. The van der Waals surface area contributed by atoms with Crippen molar-refractivity contribution in [3.63, 3.8) is 0 Å². The van der Waals surface area contributed by atoms with Crippen LogP contribution in [0.1, 0.15) is 33.1 Å². The van der Waals surface area contributed by atoms with E-state index in [0.29, 0.717) is 13.0 Å². The van der Waals surface area contributed by atoms with E-state index in [1.54, 1.807) is 0 Å². The molecule has 0 radical (unpaired) electrons. The zero-order chi connectivity index (χ0) is 8.74. The summed E-state index contributed by atoms with van der Waals surface area (Å²) in [4.78, 5) is 9.92. The van der Waals surface area contributed by atoms with Crippen molar-refractivity contribution in [1.82, 2.24) is 5.32 Å². The van der Waals surface area contributed by atoms with E-state index in [4.69, 9.17) is 5.73 Å². The zero-order valence-electron chi connectivity index (χ0n) is 7.39. The van der Waals surface area contributed by atoms with Gasteiger partial charge < -0.3 is 11.1 Å². The summed E-state index contributed by atoms with van der Waals surface area (Å²) < 4.78 is 0. The molecule has 0 aromatic heterocycles. The largest absolute Gasteiger partial charge is 0.359 e. The van der Waals surface area contributed by atoms with Crippen molar-refractivity contribution in [2.24, 2.45) is 5.73 Å². The molecule has 0 saturated carbocycles. The summed E-state index contributed by atoms with van der Waals surface area (Å²) in [5.74, 6) is 0. The molecule has 11 heavy (non-hydrogen) atoms. The van der Waals surface area contributed by atoms with Gasteiger partial charge in [0.2, 0.25) is 6.41 Å². The van der Waals surface area contributed by atoms with Crippen LogP contribution in [-0.2, 0) is 4.79 Å². The third-order valence-electron chi connectivity index (χ3n) is 2.26. The molecule has 0 aliphatic rings. The van der Waals surface area contributed by atoms with E-state index in [1.807, 2.05) is 0 Å². The van der Waals surface area contributed by atoms with E-state index in [-0.39, 0.29) is 5.54 Å². The van der Waals surface area contributed by atoms with Crippen molar-refractivity contribution >= 4 is 6.41 Å². The van der Waals surface area contributed by atoms with Gasteiger partial charge in [-0.1, -0.05) is 13.8 Å². The average molecular weight is 158 g/mol. The van der Waals surface area contributed by atoms with Crippen molar-refractivity contribution < 1.29 is 4.79 Å². The molecule has 3 N–H and O–H groups in total. The third kappa shape index (κ3) is 3.98. The van der Waals surface area contributed by atoms with Gasteiger partial charge in [0.1, 0.15) is 0 Å². The van der Waals surface area contributed by atoms with E-state index >= 15 is 0 Å². The molecule has 0 atom stereocenters. The Bertz CT molecular complexity index is 111. The summed E-state index contributed by atoms with van der Waals surface area (Å²) in [6.07, 6.45) is 3.50. The van der Waals surface area contributed by atoms with E-state index in [1.165, 1.54) is 0 Å². The highest BCUT2D eigenvalue weighted by atomic mass is 16.1. The molecule has 0 aromatic rings. The van der Waals surface area contributed by atoms with Crippen LogP contribution in [0.5, 0.6) is 0 Å². The first kappa shape index (κ1) is 10.4. The number of nitrogens with two attached hydrogens (primary N) is 1. The molecular weight excluding hydrogens is 140 g/mol. The number of hydrogen-bond donors (Lipinski definition) is 2. The van der Waals surface area contributed by atoms with Crippen LogP contribution in [0.2, 0.25) is 0 Å². The van der Waals surface area contributed by atoms with Crippen molar-refractivity contribution in [3.05, 3.63) is 0 Å². The van der Waals surface area contributed by atoms with Gasteiger partial charge in [-0.3, -0.25) is 4.79 Å². The lowest BCUT2D eigenvalue weighted by atomic mass is 9.90. The normalized spacial score (nSPS) is 11.2. The standard InChI is InChI=1S/C8H18N2O/c1-3-8(9,4-2)5-6-10-7-11/h7H,3-6,9H2,1-2H3,(H,10,11). The lowest BCUT2D eigenvalue weighted by Crippen LogP contribution is -2.40. The number of carbonyl (C=O) groups excluding carboxylic acids is 1. The molecule has 0 unspecified atom stereocenters. The van der Waals surface area contributed by atoms with Gasteiger partial charge in [0, 0.05) is 12.1 Å². The monoisotopic (exact) mass is 158 g/mol. The summed E-state index contributed by atoms with van der Waals surface area (Å²) in [5.41, 5.74) is 5.89. The van der Waals surface area contributed by atoms with Crippen molar-refractivity contribution in [1.29, 1.82) is 0 Å². The van der Waals surface area contributed by atoms with Gasteiger partial charge in [-0.2, -0.15) is 0 Å². The summed E-state index contributed by atoms with van der Waals surface area (Å²) in [6, 6.07) is 0. The second-order valence-electron chi connectivity index (χ2n) is 2.89. The summed E-state index contributed by atoms with van der Waals surface area (Å²) in [7, 11) is 0. The van der Waals surface area contributed by atoms with Gasteiger partial charge in [-0.15, -0.1) is 0 Å². The third-order valence-corrected chi connectivity index (χ3v) is 2.26. The summed E-state index contributed by atoms with van der Waals surface area (Å²) in [5, 5.41) is 2.61. The van der Waals surface area contributed by atoms with E-state index < -0.39 is 0 Å². The topological polar surface area (TPSA) is 55.1 Å². The fraction of sp³-hybridized carbons (Fsp3) is 0.875. The molecule has 0 heterocycles. The molecule has 0 fully saturated rings. The van der Waals surface area contributed by atoms with Crippen LogP contribution in [0.4, 0.5) is 0 Å². The Balaban J connectivity index is 3.59. The highest BCUT2D eigenvalue weighted by Gasteiger charge is 2.18. The molecule has 0 aliphatic carbocycles. The fourth-order valence-corrected chi connectivity index (χ4v) is 0.984. The number of rotatable bonds is 6. The molecule has 0 aliphatic heterocycles. The maximum Gasteiger partial charge on any atom is 0.207 e. The maximum atomic E-state index is 9.92. The van der Waals surface area contributed by atoms with Gasteiger partial charge in [-0.05, 0) is 19.3 Å². The first-order valence-corrected chi connectivity index (χ1v) is 4.14. The SMILES string of the molecule is CCC(N)(CC)CCNC=O. The minimum Gasteiger partial charge on any atom is -0.359 e. The van der Waals surface area contributed by atoms with Crippen LogP contribution in [0.25, 0.3) is 0 Å². The van der Waals surface area contributed by atoms with Crippen molar-refractivity contribution in [2.75, 3.05) is 6.54 Å². The van der Waals surface area contributed by atoms with Crippen molar-refractivity contribution in [2.45, 2.75) is 38.6 Å². The first-order chi connectivity index (χ1) is 5.18. The van der Waals surface area contributed by atoms with Gasteiger partial charge in [0.15, 0.2) is 0 Å². The van der Waals surface area contributed by atoms with Crippen LogP contribution in [0, 0.1) is 0 Å². The smallest absolute Gasteiger partial charge is 0.207 e. The van der Waals surface area contributed by atoms with Crippen LogP contribution >= 0.6 is 0 Å². The first-order valence-electron chi connectivity index (χ1n) is 4.14. The summed E-state index contributed by atoms with van der Waals surface area (Å²) in [6.45, 7) is 4.83. The molecule has 1 amide bonds. The van der Waals surface area contributed by atoms with E-state index in [0.717, 1.165) is 19.3 Å². The van der Waals surface area contributed by atoms with Crippen LogP contribution in [0.15, 0.2) is 0 Å².